The number of rotatable bonds is 10. The van der Waals surface area contributed by atoms with Crippen LogP contribution in [-0.4, -0.2) is 105 Å². The van der Waals surface area contributed by atoms with Crippen LogP contribution >= 0.6 is 0 Å². The average molecular weight is 832 g/mol. The van der Waals surface area contributed by atoms with E-state index in [9.17, 15) is 27.9 Å². The summed E-state index contributed by atoms with van der Waals surface area (Å²) >= 11 is 0. The van der Waals surface area contributed by atoms with Crippen molar-refractivity contribution in [3.05, 3.63) is 42.6 Å². The molecule has 0 radical (unpaired) electrons. The number of carboxylic acid groups (broad SMARTS) is 1. The van der Waals surface area contributed by atoms with Crippen LogP contribution in [0.3, 0.4) is 0 Å². The van der Waals surface area contributed by atoms with Gasteiger partial charge in [0.1, 0.15) is 17.3 Å². The Bertz CT molecular complexity index is 2100. The van der Waals surface area contributed by atoms with Gasteiger partial charge in [0.05, 0.1) is 24.1 Å². The number of pyridine rings is 1. The molecule has 2 saturated carbocycles. The van der Waals surface area contributed by atoms with Gasteiger partial charge in [0.2, 0.25) is 27.7 Å². The van der Waals surface area contributed by atoms with E-state index in [-0.39, 0.29) is 18.2 Å². The molecule has 0 unspecified atom stereocenters. The Kier molecular flexibility index (Phi) is 11.6. The molecule has 4 amide bonds. The zero-order chi connectivity index (χ0) is 42.6. The number of sulfonamides is 1. The fraction of sp³-hybridized carbons (Fsp3) is 0.634. The van der Waals surface area contributed by atoms with E-state index in [0.717, 1.165) is 11.8 Å². The van der Waals surface area contributed by atoms with Gasteiger partial charge in [-0.2, -0.15) is 8.78 Å². The highest BCUT2D eigenvalue weighted by Gasteiger charge is 2.72. The van der Waals surface area contributed by atoms with Crippen molar-refractivity contribution in [3.8, 4) is 11.6 Å². The van der Waals surface area contributed by atoms with Gasteiger partial charge in [0.15, 0.2) is 11.6 Å². The Morgan fingerprint density at radius 3 is 2.41 bits per heavy atom. The standard InChI is InChI=1S/C41H55F2N5O9S/c1-8-26-20-25(5)14-10-11-15-27-21-40(27,36(51)46-58(54,55)38(6)18-19-38)45-33(49)32-41(42,43)39(7,23-47(32)35(50)31(26)48(24(3)4)37(52)53)57-34-29-17-13-12-16-28(29)30(22-44-34)56-9-2/h11-13,15-17,22,24-27,31-32H,8-10,14,18-21,23H2,1-7H3,(H,45,49)(H,46,51)(H,52,53)/b15-11-/t25-,26+,27+,31-,32-,39+,40+/m0/s1. The van der Waals surface area contributed by atoms with Gasteiger partial charge in [-0.05, 0) is 91.0 Å². The molecule has 7 atom stereocenters. The fourth-order valence-corrected chi connectivity index (χ4v) is 9.86. The maximum absolute atomic E-state index is 17.6. The molecular weight excluding hydrogens is 777 g/mol. The molecule has 3 heterocycles. The van der Waals surface area contributed by atoms with Gasteiger partial charge in [0, 0.05) is 22.7 Å². The molecule has 1 saturated heterocycles. The van der Waals surface area contributed by atoms with Crippen molar-refractivity contribution < 1.29 is 51.0 Å². The second-order valence-electron chi connectivity index (χ2n) is 17.1. The first-order valence-electron chi connectivity index (χ1n) is 20.1. The van der Waals surface area contributed by atoms with Gasteiger partial charge < -0.3 is 24.8 Å². The number of alkyl halides is 2. The summed E-state index contributed by atoms with van der Waals surface area (Å²) in [4.78, 5) is 62.7. The lowest BCUT2D eigenvalue weighted by molar-refractivity contribution is -0.163. The summed E-state index contributed by atoms with van der Waals surface area (Å²) in [6.07, 6.45) is 5.82. The van der Waals surface area contributed by atoms with Crippen LogP contribution in [0.25, 0.3) is 10.8 Å². The number of carbonyl (C=O) groups is 4. The second-order valence-corrected chi connectivity index (χ2v) is 19.3. The van der Waals surface area contributed by atoms with Gasteiger partial charge in [-0.3, -0.25) is 24.0 Å². The molecule has 6 rings (SSSR count). The van der Waals surface area contributed by atoms with E-state index in [1.54, 1.807) is 58.0 Å². The molecule has 2 aliphatic carbocycles. The molecule has 58 heavy (non-hydrogen) atoms. The predicted molar refractivity (Wildman–Crippen MR) is 211 cm³/mol. The van der Waals surface area contributed by atoms with Crippen LogP contribution in [-0.2, 0) is 24.4 Å². The van der Waals surface area contributed by atoms with Crippen molar-refractivity contribution in [1.82, 2.24) is 24.8 Å². The molecule has 4 aliphatic rings. The summed E-state index contributed by atoms with van der Waals surface area (Å²) in [5.74, 6) is -8.94. The molecule has 17 heteroatoms. The van der Waals surface area contributed by atoms with Crippen molar-refractivity contribution in [2.45, 2.75) is 133 Å². The van der Waals surface area contributed by atoms with E-state index in [0.29, 0.717) is 66.6 Å². The second kappa shape index (κ2) is 15.6. The van der Waals surface area contributed by atoms with Crippen molar-refractivity contribution in [2.24, 2.45) is 17.8 Å². The van der Waals surface area contributed by atoms with Crippen LogP contribution in [0, 0.1) is 17.8 Å². The number of hydrogen-bond donors (Lipinski definition) is 3. The van der Waals surface area contributed by atoms with E-state index in [1.165, 1.54) is 13.1 Å². The molecule has 3 N–H and O–H groups in total. The van der Waals surface area contributed by atoms with Crippen LogP contribution in [0.5, 0.6) is 11.6 Å². The number of hydrogen-bond acceptors (Lipinski definition) is 9. The highest BCUT2D eigenvalue weighted by Crippen LogP contribution is 2.50. The SMILES string of the molecule is CCOc1cnc(O[C@]2(C)CN3C(=O)[C@@H](N(C(=O)O)C(C)C)[C@H](CC)C[C@@H](C)CC/C=C\[C@@H]4C[C@@]4(C(=O)NS(=O)(=O)C4(C)CC4)NC(=O)[C@H]3C2(F)F)c2ccccc12. The Balaban J connectivity index is 1.49. The van der Waals surface area contributed by atoms with E-state index in [4.69, 9.17) is 9.47 Å². The highest BCUT2D eigenvalue weighted by atomic mass is 32.2. The van der Waals surface area contributed by atoms with Gasteiger partial charge >= 0.3 is 12.0 Å². The van der Waals surface area contributed by atoms with Crippen LogP contribution in [0.4, 0.5) is 13.6 Å². The summed E-state index contributed by atoms with van der Waals surface area (Å²) in [5, 5.41) is 13.9. The molecule has 14 nitrogen and oxygen atoms in total. The lowest BCUT2D eigenvalue weighted by Crippen LogP contribution is -2.63. The fourth-order valence-electron chi connectivity index (χ4n) is 8.55. The van der Waals surface area contributed by atoms with Gasteiger partial charge in [-0.15, -0.1) is 0 Å². The summed E-state index contributed by atoms with van der Waals surface area (Å²) in [7, 11) is -4.19. The number of benzene rings is 1. The summed E-state index contributed by atoms with van der Waals surface area (Å²) in [6.45, 7) is 10.7. The average Bonchev–Trinajstić information content (AvgIpc) is 4.06. The number of ether oxygens (including phenoxy) is 2. The number of amides is 4. The number of aromatic nitrogens is 1. The normalized spacial score (nSPS) is 31.2. The van der Waals surface area contributed by atoms with E-state index in [1.807, 2.05) is 13.0 Å². The summed E-state index contributed by atoms with van der Waals surface area (Å²) in [5.41, 5.74) is -4.56. The van der Waals surface area contributed by atoms with Crippen LogP contribution in [0.15, 0.2) is 42.6 Å². The molecule has 2 aromatic rings. The first-order valence-corrected chi connectivity index (χ1v) is 21.6. The first kappa shape index (κ1) is 43.0. The Morgan fingerprint density at radius 2 is 1.81 bits per heavy atom. The lowest BCUT2D eigenvalue weighted by atomic mass is 9.83. The highest BCUT2D eigenvalue weighted by molar-refractivity contribution is 7.91. The summed E-state index contributed by atoms with van der Waals surface area (Å²) in [6, 6.07) is 1.88. The summed E-state index contributed by atoms with van der Waals surface area (Å²) < 4.78 is 74.4. The zero-order valence-electron chi connectivity index (χ0n) is 34.1. The van der Waals surface area contributed by atoms with E-state index in [2.05, 4.69) is 15.0 Å². The number of fused-ring (bicyclic) bond motifs is 3. The molecular formula is C41H55F2N5O9S. The molecule has 1 aromatic heterocycles. The zero-order valence-corrected chi connectivity index (χ0v) is 34.9. The quantitative estimate of drug-likeness (QED) is 0.253. The third-order valence-electron chi connectivity index (χ3n) is 12.5. The molecule has 0 spiro atoms. The molecule has 0 bridgehead atoms. The Labute approximate surface area is 338 Å². The monoisotopic (exact) mass is 831 g/mol. The van der Waals surface area contributed by atoms with E-state index < -0.39 is 92.2 Å². The largest absolute Gasteiger partial charge is 0.492 e. The number of halogens is 2. The number of allylic oxidation sites excluding steroid dienone is 1. The van der Waals surface area contributed by atoms with Gasteiger partial charge in [0.25, 0.3) is 5.91 Å². The topological polar surface area (TPSA) is 185 Å². The smallest absolute Gasteiger partial charge is 0.408 e. The minimum atomic E-state index is -4.20. The minimum absolute atomic E-state index is 0.0438. The molecule has 3 fully saturated rings. The number of nitrogens with one attached hydrogen (secondary N) is 2. The van der Waals surface area contributed by atoms with Crippen LogP contribution in [0.2, 0.25) is 0 Å². The Hall–Kier alpha value is -4.54. The van der Waals surface area contributed by atoms with Crippen LogP contribution in [0.1, 0.15) is 93.4 Å². The molecule has 2 aliphatic heterocycles. The van der Waals surface area contributed by atoms with Crippen molar-refractivity contribution in [1.29, 1.82) is 0 Å². The minimum Gasteiger partial charge on any atom is -0.492 e. The third kappa shape index (κ3) is 7.58. The van der Waals surface area contributed by atoms with Crippen LogP contribution < -0.4 is 19.5 Å². The van der Waals surface area contributed by atoms with Gasteiger partial charge in [-0.1, -0.05) is 50.6 Å². The van der Waals surface area contributed by atoms with Crippen molar-refractivity contribution in [2.75, 3.05) is 13.2 Å². The van der Waals surface area contributed by atoms with E-state index >= 15 is 13.6 Å². The first-order chi connectivity index (χ1) is 27.2. The molecule has 1 aromatic carbocycles. The lowest BCUT2D eigenvalue weighted by Gasteiger charge is -2.40. The van der Waals surface area contributed by atoms with Crippen molar-refractivity contribution in [3.63, 3.8) is 0 Å². The Morgan fingerprint density at radius 1 is 1.14 bits per heavy atom. The maximum atomic E-state index is 17.6. The van der Waals surface area contributed by atoms with Crippen molar-refractivity contribution >= 4 is 44.6 Å². The van der Waals surface area contributed by atoms with Gasteiger partial charge in [-0.25, -0.2) is 18.2 Å². The molecule has 318 valence electrons. The predicted octanol–water partition coefficient (Wildman–Crippen LogP) is 5.65. The maximum Gasteiger partial charge on any atom is 0.408 e. The number of nitrogens with zero attached hydrogens (tertiary/aromatic N) is 3. The third-order valence-corrected chi connectivity index (χ3v) is 14.7. The number of carbonyl (C=O) groups excluding carboxylic acids is 3.